The van der Waals surface area contributed by atoms with Crippen LogP contribution < -0.4 is 5.32 Å². The molecule has 0 aliphatic carbocycles. The lowest BCUT2D eigenvalue weighted by atomic mass is 10.0. The maximum Gasteiger partial charge on any atom is 0.0345 e. The van der Waals surface area contributed by atoms with Gasteiger partial charge in [-0.15, -0.1) is 0 Å². The first-order valence-electron chi connectivity index (χ1n) is 6.82. The lowest BCUT2D eigenvalue weighted by Crippen LogP contribution is -2.36. The number of hydrogen-bond acceptors (Lipinski definition) is 3. The summed E-state index contributed by atoms with van der Waals surface area (Å²) in [6.07, 6.45) is 2.49. The first kappa shape index (κ1) is 13.4. The Bertz CT molecular complexity index is 368. The van der Waals surface area contributed by atoms with Crippen LogP contribution in [0.3, 0.4) is 0 Å². The Kier molecular flexibility index (Phi) is 4.61. The van der Waals surface area contributed by atoms with Crippen molar-refractivity contribution in [2.45, 2.75) is 25.4 Å². The van der Waals surface area contributed by atoms with E-state index < -0.39 is 0 Å². The summed E-state index contributed by atoms with van der Waals surface area (Å²) in [6, 6.07) is 9.43. The van der Waals surface area contributed by atoms with Gasteiger partial charge in [-0.25, -0.2) is 0 Å². The van der Waals surface area contributed by atoms with Crippen LogP contribution in [0.2, 0.25) is 0 Å². The molecule has 1 N–H and O–H groups in total. The average molecular weight is 247 g/mol. The number of rotatable bonds is 4. The van der Waals surface area contributed by atoms with E-state index in [0.29, 0.717) is 6.04 Å². The van der Waals surface area contributed by atoms with Gasteiger partial charge in [0.2, 0.25) is 0 Å². The molecule has 0 unspecified atom stereocenters. The van der Waals surface area contributed by atoms with E-state index in [4.69, 9.17) is 0 Å². The predicted molar refractivity (Wildman–Crippen MR) is 78.0 cm³/mol. The van der Waals surface area contributed by atoms with Crippen LogP contribution in [0.5, 0.6) is 0 Å². The molecule has 0 bridgehead atoms. The molecule has 1 aromatic carbocycles. The fraction of sp³-hybridized carbons (Fsp3) is 0.600. The van der Waals surface area contributed by atoms with Crippen molar-refractivity contribution >= 4 is 5.69 Å². The summed E-state index contributed by atoms with van der Waals surface area (Å²) >= 11 is 0. The van der Waals surface area contributed by atoms with Crippen LogP contribution in [0, 0.1) is 0 Å². The number of nitrogens with zero attached hydrogens (tertiary/aromatic N) is 2. The topological polar surface area (TPSA) is 18.5 Å². The number of likely N-dealkylation sites (tertiary alicyclic amines) is 1. The number of anilines is 1. The van der Waals surface area contributed by atoms with E-state index in [2.05, 4.69) is 60.5 Å². The Hall–Kier alpha value is -1.06. The predicted octanol–water partition coefficient (Wildman–Crippen LogP) is 2.25. The molecular weight excluding hydrogens is 222 g/mol. The van der Waals surface area contributed by atoms with Gasteiger partial charge >= 0.3 is 0 Å². The summed E-state index contributed by atoms with van der Waals surface area (Å²) in [5.74, 6) is 0. The normalized spacial score (nSPS) is 18.2. The van der Waals surface area contributed by atoms with Crippen molar-refractivity contribution in [3.05, 3.63) is 29.8 Å². The fourth-order valence-electron chi connectivity index (χ4n) is 2.51. The number of benzene rings is 1. The Labute approximate surface area is 111 Å². The van der Waals surface area contributed by atoms with E-state index in [-0.39, 0.29) is 0 Å². The summed E-state index contributed by atoms with van der Waals surface area (Å²) in [6.45, 7) is 3.41. The second kappa shape index (κ2) is 6.21. The first-order chi connectivity index (χ1) is 8.63. The van der Waals surface area contributed by atoms with Gasteiger partial charge in [-0.2, -0.15) is 0 Å². The highest BCUT2D eigenvalue weighted by atomic mass is 15.1. The molecule has 1 saturated heterocycles. The second-order valence-corrected chi connectivity index (χ2v) is 5.66. The van der Waals surface area contributed by atoms with Crippen molar-refractivity contribution in [1.29, 1.82) is 0 Å². The van der Waals surface area contributed by atoms with Gasteiger partial charge in [0, 0.05) is 18.3 Å². The monoisotopic (exact) mass is 247 g/mol. The number of nitrogens with one attached hydrogen (secondary N) is 1. The maximum absolute atomic E-state index is 3.67. The Morgan fingerprint density at radius 2 is 2.00 bits per heavy atom. The molecule has 0 aromatic heterocycles. The van der Waals surface area contributed by atoms with Crippen LogP contribution >= 0.6 is 0 Å². The Morgan fingerprint density at radius 1 is 1.28 bits per heavy atom. The Morgan fingerprint density at radius 3 is 2.67 bits per heavy atom. The average Bonchev–Trinajstić information content (AvgIpc) is 2.32. The highest BCUT2D eigenvalue weighted by Crippen LogP contribution is 2.17. The minimum atomic E-state index is 0.635. The van der Waals surface area contributed by atoms with Crippen molar-refractivity contribution < 1.29 is 0 Å². The van der Waals surface area contributed by atoms with Crippen molar-refractivity contribution in [3.63, 3.8) is 0 Å². The Balaban J connectivity index is 1.92. The molecule has 3 heteroatoms. The second-order valence-electron chi connectivity index (χ2n) is 5.66. The SMILES string of the molecule is CN(C)Cc1cccc(NC2CCN(C)CC2)c1. The highest BCUT2D eigenvalue weighted by Gasteiger charge is 2.16. The largest absolute Gasteiger partial charge is 0.382 e. The third-order valence-electron chi connectivity index (χ3n) is 3.52. The van der Waals surface area contributed by atoms with E-state index in [1.54, 1.807) is 0 Å². The smallest absolute Gasteiger partial charge is 0.0345 e. The van der Waals surface area contributed by atoms with Gasteiger partial charge in [-0.3, -0.25) is 0 Å². The lowest BCUT2D eigenvalue weighted by Gasteiger charge is -2.30. The van der Waals surface area contributed by atoms with Gasteiger partial charge in [-0.1, -0.05) is 12.1 Å². The summed E-state index contributed by atoms with van der Waals surface area (Å²) in [5.41, 5.74) is 2.64. The minimum Gasteiger partial charge on any atom is -0.382 e. The zero-order chi connectivity index (χ0) is 13.0. The lowest BCUT2D eigenvalue weighted by molar-refractivity contribution is 0.264. The van der Waals surface area contributed by atoms with Crippen molar-refractivity contribution in [1.82, 2.24) is 9.80 Å². The fourth-order valence-corrected chi connectivity index (χ4v) is 2.51. The molecule has 1 aromatic rings. The molecule has 3 nitrogen and oxygen atoms in total. The van der Waals surface area contributed by atoms with Crippen LogP contribution in [0.25, 0.3) is 0 Å². The molecule has 0 spiro atoms. The van der Waals surface area contributed by atoms with E-state index in [1.165, 1.54) is 37.2 Å². The third-order valence-corrected chi connectivity index (χ3v) is 3.52. The van der Waals surface area contributed by atoms with Gasteiger partial charge in [0.1, 0.15) is 0 Å². The van der Waals surface area contributed by atoms with Crippen molar-refractivity contribution in [2.75, 3.05) is 39.5 Å². The summed E-state index contributed by atoms with van der Waals surface area (Å²) in [5, 5.41) is 3.67. The van der Waals surface area contributed by atoms with E-state index in [1.807, 2.05) is 0 Å². The standard InChI is InChI=1S/C15H25N3/c1-17(2)12-13-5-4-6-15(11-13)16-14-7-9-18(3)10-8-14/h4-6,11,14,16H,7-10,12H2,1-3H3. The number of piperidine rings is 1. The van der Waals surface area contributed by atoms with Gasteiger partial charge < -0.3 is 15.1 Å². The van der Waals surface area contributed by atoms with Crippen LogP contribution in [0.4, 0.5) is 5.69 Å². The molecule has 1 heterocycles. The van der Waals surface area contributed by atoms with Crippen molar-refractivity contribution in [2.24, 2.45) is 0 Å². The summed E-state index contributed by atoms with van der Waals surface area (Å²) in [4.78, 5) is 4.61. The van der Waals surface area contributed by atoms with Gasteiger partial charge in [0.05, 0.1) is 0 Å². The molecule has 1 fully saturated rings. The minimum absolute atomic E-state index is 0.635. The summed E-state index contributed by atoms with van der Waals surface area (Å²) < 4.78 is 0. The first-order valence-corrected chi connectivity index (χ1v) is 6.82. The molecule has 0 saturated carbocycles. The van der Waals surface area contributed by atoms with E-state index in [0.717, 1.165) is 6.54 Å². The van der Waals surface area contributed by atoms with Gasteiger partial charge in [0.25, 0.3) is 0 Å². The zero-order valence-electron chi connectivity index (χ0n) is 11.8. The van der Waals surface area contributed by atoms with Crippen LogP contribution in [-0.4, -0.2) is 50.1 Å². The van der Waals surface area contributed by atoms with E-state index in [9.17, 15) is 0 Å². The molecule has 0 radical (unpaired) electrons. The molecule has 1 aliphatic heterocycles. The van der Waals surface area contributed by atoms with E-state index >= 15 is 0 Å². The molecule has 0 amide bonds. The van der Waals surface area contributed by atoms with Crippen molar-refractivity contribution in [3.8, 4) is 0 Å². The molecule has 0 atom stereocenters. The molecule has 1 aliphatic rings. The van der Waals surface area contributed by atoms with Crippen LogP contribution in [0.1, 0.15) is 18.4 Å². The van der Waals surface area contributed by atoms with Crippen LogP contribution in [0.15, 0.2) is 24.3 Å². The maximum atomic E-state index is 3.67. The molecule has 18 heavy (non-hydrogen) atoms. The highest BCUT2D eigenvalue weighted by molar-refractivity contribution is 5.46. The third kappa shape index (κ3) is 4.00. The van der Waals surface area contributed by atoms with Gasteiger partial charge in [0.15, 0.2) is 0 Å². The van der Waals surface area contributed by atoms with Crippen LogP contribution in [-0.2, 0) is 6.54 Å². The van der Waals surface area contributed by atoms with Gasteiger partial charge in [-0.05, 0) is 64.8 Å². The quantitative estimate of drug-likeness (QED) is 0.880. The summed E-state index contributed by atoms with van der Waals surface area (Å²) in [7, 11) is 6.42. The molecule has 2 rings (SSSR count). The molecule has 100 valence electrons. The number of hydrogen-bond donors (Lipinski definition) is 1. The zero-order valence-corrected chi connectivity index (χ0v) is 11.8. The molecular formula is C15H25N3.